The summed E-state index contributed by atoms with van der Waals surface area (Å²) < 4.78 is 23.4. The normalized spacial score (nSPS) is 25.3. The van der Waals surface area contributed by atoms with E-state index in [4.69, 9.17) is 30.3 Å². The van der Waals surface area contributed by atoms with Gasteiger partial charge >= 0.3 is 18.3 Å². The Morgan fingerprint density at radius 2 is 2.00 bits per heavy atom. The number of hydrogen-bond donors (Lipinski definition) is 4. The number of ether oxygens (including phenoxy) is 2. The maximum atomic E-state index is 12.4. The van der Waals surface area contributed by atoms with Gasteiger partial charge in [0.15, 0.2) is 6.23 Å². The molecule has 38 heavy (non-hydrogen) atoms. The van der Waals surface area contributed by atoms with E-state index >= 15 is 0 Å². The molecule has 1 aliphatic heterocycles. The Bertz CT molecular complexity index is 1350. The fourth-order valence-corrected chi connectivity index (χ4v) is 5.84. The van der Waals surface area contributed by atoms with Gasteiger partial charge in [-0.05, 0) is 50.2 Å². The summed E-state index contributed by atoms with van der Waals surface area (Å²) in [4.78, 5) is 40.8. The number of hydrogen-bond acceptors (Lipinski definition) is 11. The molecule has 6 atom stereocenters. The molecule has 1 aromatic carbocycles. The van der Waals surface area contributed by atoms with Crippen LogP contribution in [0, 0.1) is 0 Å². The predicted molar refractivity (Wildman–Crippen MR) is 136 cm³/mol. The van der Waals surface area contributed by atoms with Crippen molar-refractivity contribution in [3.63, 3.8) is 0 Å². The molecule has 1 aromatic heterocycles. The zero-order valence-corrected chi connectivity index (χ0v) is 22.2. The van der Waals surface area contributed by atoms with E-state index in [1.54, 1.807) is 44.2 Å². The summed E-state index contributed by atoms with van der Waals surface area (Å²) in [6.45, 7) is 0.420. The molecule has 4 N–H and O–H groups in total. The van der Waals surface area contributed by atoms with Crippen molar-refractivity contribution in [1.29, 1.82) is 0 Å². The minimum atomic E-state index is -3.66. The van der Waals surface area contributed by atoms with Gasteiger partial charge in [0.25, 0.3) is 5.56 Å². The topological polar surface area (TPSA) is 210 Å². The smallest absolute Gasteiger partial charge is 0.330 e. The van der Waals surface area contributed by atoms with Crippen molar-refractivity contribution in [1.82, 2.24) is 14.6 Å². The van der Waals surface area contributed by atoms with Crippen LogP contribution in [0.25, 0.3) is 10.4 Å². The first kappa shape index (κ1) is 29.5. The van der Waals surface area contributed by atoms with Gasteiger partial charge in [-0.15, -0.1) is 0 Å². The fraction of sp³-hybridized carbons (Fsp3) is 0.476. The summed E-state index contributed by atoms with van der Waals surface area (Å²) in [5, 5.41) is 27.7. The van der Waals surface area contributed by atoms with E-state index in [1.165, 1.54) is 6.92 Å². The second kappa shape index (κ2) is 12.2. The zero-order valence-electron chi connectivity index (χ0n) is 20.5. The van der Waals surface area contributed by atoms with Gasteiger partial charge in [-0.3, -0.25) is 19.1 Å². The lowest BCUT2D eigenvalue weighted by Gasteiger charge is -2.31. The first-order chi connectivity index (χ1) is 17.9. The van der Waals surface area contributed by atoms with Crippen LogP contribution >= 0.6 is 6.64 Å². The summed E-state index contributed by atoms with van der Waals surface area (Å²) in [6, 6.07) is 8.30. The third-order valence-electron chi connectivity index (χ3n) is 5.21. The Labute approximate surface area is 221 Å². The maximum Gasteiger partial charge on any atom is 0.330 e. The van der Waals surface area contributed by atoms with Crippen LogP contribution in [0.15, 0.2) is 57.3 Å². The summed E-state index contributed by atoms with van der Waals surface area (Å²) >= 11 is 5.61. The van der Waals surface area contributed by atoms with Crippen LogP contribution in [0.5, 0.6) is 5.75 Å². The Balaban J connectivity index is 1.91. The van der Waals surface area contributed by atoms with Crippen LogP contribution in [-0.4, -0.2) is 62.4 Å². The molecule has 3 rings (SSSR count). The number of carbonyl (C=O) groups is 1. The average molecular weight is 571 g/mol. The minimum Gasteiger partial charge on any atom is -0.462 e. The first-order valence-electron chi connectivity index (χ1n) is 11.3. The molecule has 206 valence electrons. The molecular weight excluding hydrogens is 543 g/mol. The zero-order chi connectivity index (χ0) is 28.1. The van der Waals surface area contributed by atoms with Crippen molar-refractivity contribution in [2.45, 2.75) is 57.1 Å². The molecule has 1 aliphatic rings. The Kier molecular flexibility index (Phi) is 9.46. The Hall–Kier alpha value is -3.07. The van der Waals surface area contributed by atoms with E-state index in [-0.39, 0.29) is 5.75 Å². The van der Waals surface area contributed by atoms with Crippen molar-refractivity contribution in [2.75, 3.05) is 6.61 Å². The lowest BCUT2D eigenvalue weighted by molar-refractivity contribution is -0.149. The number of para-hydroxylation sites is 1. The van der Waals surface area contributed by atoms with Crippen molar-refractivity contribution in [3.05, 3.63) is 73.9 Å². The van der Waals surface area contributed by atoms with Crippen LogP contribution in [0.3, 0.4) is 0 Å². The summed E-state index contributed by atoms with van der Waals surface area (Å²) in [6.07, 6.45) is -4.60. The second-order valence-corrected chi connectivity index (χ2v) is 11.6. The van der Waals surface area contributed by atoms with Crippen molar-refractivity contribution in [3.8, 4) is 5.75 Å². The molecule has 0 aliphatic carbocycles. The van der Waals surface area contributed by atoms with Gasteiger partial charge in [-0.1, -0.05) is 23.3 Å². The Morgan fingerprint density at radius 3 is 2.61 bits per heavy atom. The minimum absolute atomic E-state index is 0.288. The molecule has 1 fully saturated rings. The standard InChI is InChI=1S/C21H27N6O9PS/c1-12(2)34-19(31)13(3)24-37(38,36-14-7-5-4-6-8-14)33-11-21(25-26-22)17(30)16(29)18(35-21)27-10-9-15(28)23-20(27)32/h4-10,12-13,16-18,29-30H,11H2,1-3H3,(H,24,38)(H,23,28,32)/t13?,16?,17?,18-,21-,37?/m1/s1. The third-order valence-corrected chi connectivity index (χ3v) is 7.69. The molecular formula is C21H27N6O9PS. The van der Waals surface area contributed by atoms with Gasteiger partial charge in [0.2, 0.25) is 5.72 Å². The van der Waals surface area contributed by atoms with Crippen LogP contribution in [0.4, 0.5) is 0 Å². The number of aromatic amines is 1. The number of nitrogens with zero attached hydrogens (tertiary/aromatic N) is 4. The van der Waals surface area contributed by atoms with Crippen molar-refractivity contribution >= 4 is 24.4 Å². The van der Waals surface area contributed by atoms with Crippen LogP contribution in [-0.2, 0) is 30.6 Å². The fourth-order valence-electron chi connectivity index (χ4n) is 3.44. The number of aliphatic hydroxyl groups excluding tert-OH is 2. The number of carbonyl (C=O) groups excluding carboxylic acids is 1. The molecule has 17 heteroatoms. The maximum absolute atomic E-state index is 12.4. The van der Waals surface area contributed by atoms with Gasteiger partial charge < -0.3 is 28.7 Å². The van der Waals surface area contributed by atoms with Gasteiger partial charge in [-0.25, -0.2) is 9.88 Å². The molecule has 15 nitrogen and oxygen atoms in total. The van der Waals surface area contributed by atoms with Gasteiger partial charge in [0.05, 0.1) is 12.7 Å². The molecule has 0 radical (unpaired) electrons. The van der Waals surface area contributed by atoms with E-state index < -0.39 is 66.8 Å². The monoisotopic (exact) mass is 570 g/mol. The SMILES string of the molecule is CC(C)OC(=O)C(C)NP(=S)(OC[C@@]1(N=[N+]=[N-])O[C@@H](n2ccc(=O)[nH]c2=O)C(O)C1O)Oc1ccccc1. The number of rotatable bonds is 11. The highest BCUT2D eigenvalue weighted by molar-refractivity contribution is 8.09. The molecule has 0 amide bonds. The Morgan fingerprint density at radius 1 is 1.32 bits per heavy atom. The molecule has 0 spiro atoms. The largest absolute Gasteiger partial charge is 0.462 e. The van der Waals surface area contributed by atoms with Gasteiger partial charge in [-0.2, -0.15) is 0 Å². The first-order valence-corrected chi connectivity index (χ1v) is 13.9. The predicted octanol–water partition coefficient (Wildman–Crippen LogP) is 1.04. The average Bonchev–Trinajstić information content (AvgIpc) is 3.09. The lowest BCUT2D eigenvalue weighted by Crippen LogP contribution is -2.45. The van der Waals surface area contributed by atoms with Crippen molar-refractivity contribution < 1.29 is 33.5 Å². The molecule has 0 bridgehead atoms. The molecule has 1 saturated heterocycles. The van der Waals surface area contributed by atoms with Gasteiger partial charge in [0, 0.05) is 17.2 Å². The van der Waals surface area contributed by atoms with E-state index in [1.807, 2.05) is 4.98 Å². The van der Waals surface area contributed by atoms with Crippen LogP contribution in [0.2, 0.25) is 0 Å². The van der Waals surface area contributed by atoms with Gasteiger partial charge in [0.1, 0.15) is 24.0 Å². The number of aromatic nitrogens is 2. The summed E-state index contributed by atoms with van der Waals surface area (Å²) in [5.74, 6) is -0.347. The van der Waals surface area contributed by atoms with E-state index in [0.717, 1.165) is 16.8 Å². The number of nitrogens with one attached hydrogen (secondary N) is 2. The number of benzene rings is 1. The molecule has 4 unspecified atom stereocenters. The summed E-state index contributed by atoms with van der Waals surface area (Å²) in [5.41, 5.74) is 5.29. The van der Waals surface area contributed by atoms with Crippen molar-refractivity contribution in [2.24, 2.45) is 5.11 Å². The lowest BCUT2D eigenvalue weighted by atomic mass is 10.1. The van der Waals surface area contributed by atoms with E-state index in [9.17, 15) is 30.1 Å². The van der Waals surface area contributed by atoms with E-state index in [0.29, 0.717) is 0 Å². The quantitative estimate of drug-likeness (QED) is 0.0986. The highest BCUT2D eigenvalue weighted by Gasteiger charge is 2.56. The van der Waals surface area contributed by atoms with Crippen LogP contribution < -0.4 is 20.9 Å². The highest BCUT2D eigenvalue weighted by Crippen LogP contribution is 2.48. The number of azide groups is 1. The van der Waals surface area contributed by atoms with E-state index in [2.05, 4.69) is 15.1 Å². The molecule has 0 saturated carbocycles. The third kappa shape index (κ3) is 6.87. The second-order valence-electron chi connectivity index (χ2n) is 8.51. The highest BCUT2D eigenvalue weighted by atomic mass is 32.5. The number of aliphatic hydroxyl groups is 2. The number of H-pyrrole nitrogens is 1. The number of esters is 1. The van der Waals surface area contributed by atoms with Crippen LogP contribution in [0.1, 0.15) is 27.0 Å². The molecule has 2 heterocycles. The summed E-state index contributed by atoms with van der Waals surface area (Å²) in [7, 11) is 0. The molecule has 2 aromatic rings.